The van der Waals surface area contributed by atoms with Crippen molar-refractivity contribution in [3.8, 4) is 11.5 Å². The Bertz CT molecular complexity index is 420. The van der Waals surface area contributed by atoms with Gasteiger partial charge in [0.2, 0.25) is 12.7 Å². The Morgan fingerprint density at radius 2 is 2.35 bits per heavy atom. The normalized spacial score (nSPS) is 14.5. The monoisotopic (exact) mass is 236 g/mol. The highest BCUT2D eigenvalue weighted by atomic mass is 16.7. The number of rotatable bonds is 4. The fourth-order valence-electron chi connectivity index (χ4n) is 1.69. The quantitative estimate of drug-likeness (QED) is 0.794. The predicted octanol–water partition coefficient (Wildman–Crippen LogP) is 0.421. The van der Waals surface area contributed by atoms with Crippen LogP contribution in [0, 0.1) is 0 Å². The minimum atomic E-state index is -0.0631. The molecule has 1 aromatic carbocycles. The predicted molar refractivity (Wildman–Crippen MR) is 62.9 cm³/mol. The maximum Gasteiger partial charge on any atom is 0.231 e. The van der Waals surface area contributed by atoms with Gasteiger partial charge < -0.3 is 20.5 Å². The van der Waals surface area contributed by atoms with Gasteiger partial charge in [0.25, 0.3) is 0 Å². The van der Waals surface area contributed by atoms with Crippen molar-refractivity contribution in [2.24, 2.45) is 5.73 Å². The third kappa shape index (κ3) is 2.68. The van der Waals surface area contributed by atoms with Crippen molar-refractivity contribution in [3.63, 3.8) is 0 Å². The lowest BCUT2D eigenvalue weighted by molar-refractivity contribution is -0.121. The summed E-state index contributed by atoms with van der Waals surface area (Å²) in [4.78, 5) is 11.7. The van der Waals surface area contributed by atoms with Crippen molar-refractivity contribution in [3.05, 3.63) is 23.8 Å². The number of amides is 1. The highest BCUT2D eigenvalue weighted by molar-refractivity contribution is 5.80. The van der Waals surface area contributed by atoms with E-state index in [1.165, 1.54) is 0 Å². The number of nitrogens with two attached hydrogens (primary N) is 1. The zero-order chi connectivity index (χ0) is 12.3. The molecule has 0 aromatic heterocycles. The van der Waals surface area contributed by atoms with Gasteiger partial charge in [0, 0.05) is 18.2 Å². The molecule has 0 saturated carbocycles. The Hall–Kier alpha value is -1.75. The molecule has 1 aliphatic heterocycles. The SMILES string of the molecule is CC(CN)NC(=O)Cc1cccc2c1OCO2. The lowest BCUT2D eigenvalue weighted by Crippen LogP contribution is -2.38. The van der Waals surface area contributed by atoms with Gasteiger partial charge >= 0.3 is 0 Å². The van der Waals surface area contributed by atoms with Gasteiger partial charge in [-0.3, -0.25) is 4.79 Å². The first-order valence-electron chi connectivity index (χ1n) is 5.57. The molecule has 0 fully saturated rings. The smallest absolute Gasteiger partial charge is 0.231 e. The molecule has 0 radical (unpaired) electrons. The fourth-order valence-corrected chi connectivity index (χ4v) is 1.69. The number of hydrogen-bond acceptors (Lipinski definition) is 4. The lowest BCUT2D eigenvalue weighted by Gasteiger charge is -2.11. The molecule has 3 N–H and O–H groups in total. The molecule has 2 rings (SSSR count). The Morgan fingerprint density at radius 1 is 1.53 bits per heavy atom. The summed E-state index contributed by atoms with van der Waals surface area (Å²) in [7, 11) is 0. The van der Waals surface area contributed by atoms with Gasteiger partial charge in [0.05, 0.1) is 6.42 Å². The molecule has 17 heavy (non-hydrogen) atoms. The molecular weight excluding hydrogens is 220 g/mol. The van der Waals surface area contributed by atoms with Gasteiger partial charge in [0.15, 0.2) is 11.5 Å². The number of para-hydroxylation sites is 1. The molecule has 92 valence electrons. The van der Waals surface area contributed by atoms with Crippen LogP contribution >= 0.6 is 0 Å². The summed E-state index contributed by atoms with van der Waals surface area (Å²) in [5, 5.41) is 2.81. The molecule has 5 nitrogen and oxygen atoms in total. The van der Waals surface area contributed by atoms with Crippen molar-refractivity contribution < 1.29 is 14.3 Å². The minimum absolute atomic E-state index is 0.0172. The molecular formula is C12H16N2O3. The van der Waals surface area contributed by atoms with Crippen molar-refractivity contribution in [2.75, 3.05) is 13.3 Å². The maximum atomic E-state index is 11.7. The van der Waals surface area contributed by atoms with Gasteiger partial charge in [-0.25, -0.2) is 0 Å². The number of hydrogen-bond donors (Lipinski definition) is 2. The number of nitrogens with one attached hydrogen (secondary N) is 1. The zero-order valence-corrected chi connectivity index (χ0v) is 9.73. The number of carbonyl (C=O) groups excluding carboxylic acids is 1. The van der Waals surface area contributed by atoms with Crippen molar-refractivity contribution in [2.45, 2.75) is 19.4 Å². The van der Waals surface area contributed by atoms with Crippen LogP contribution < -0.4 is 20.5 Å². The Balaban J connectivity index is 2.04. The summed E-state index contributed by atoms with van der Waals surface area (Å²) in [5.74, 6) is 1.30. The molecule has 0 aliphatic carbocycles. The van der Waals surface area contributed by atoms with E-state index in [9.17, 15) is 4.79 Å². The second-order valence-electron chi connectivity index (χ2n) is 4.03. The number of carbonyl (C=O) groups is 1. The van der Waals surface area contributed by atoms with Crippen LogP contribution in [0.3, 0.4) is 0 Å². The maximum absolute atomic E-state index is 11.7. The molecule has 1 aliphatic rings. The number of benzene rings is 1. The van der Waals surface area contributed by atoms with Crippen LogP contribution in [0.25, 0.3) is 0 Å². The van der Waals surface area contributed by atoms with Crippen LogP contribution in [0.5, 0.6) is 11.5 Å². The van der Waals surface area contributed by atoms with E-state index in [0.717, 1.165) is 5.56 Å². The van der Waals surface area contributed by atoms with E-state index in [2.05, 4.69) is 5.32 Å². The van der Waals surface area contributed by atoms with Crippen molar-refractivity contribution in [1.82, 2.24) is 5.32 Å². The van der Waals surface area contributed by atoms with E-state index >= 15 is 0 Å². The van der Waals surface area contributed by atoms with Crippen molar-refractivity contribution in [1.29, 1.82) is 0 Å². The van der Waals surface area contributed by atoms with E-state index in [-0.39, 0.29) is 25.2 Å². The third-order valence-corrected chi connectivity index (χ3v) is 2.59. The average molecular weight is 236 g/mol. The fraction of sp³-hybridized carbons (Fsp3) is 0.417. The van der Waals surface area contributed by atoms with Gasteiger partial charge in [-0.05, 0) is 13.0 Å². The van der Waals surface area contributed by atoms with Crippen LogP contribution in [-0.2, 0) is 11.2 Å². The topological polar surface area (TPSA) is 73.6 Å². The summed E-state index contributed by atoms with van der Waals surface area (Å²) in [6, 6.07) is 5.52. The first kappa shape index (κ1) is 11.7. The Labute approximate surface area is 99.9 Å². The molecule has 0 spiro atoms. The Kier molecular flexibility index (Phi) is 3.49. The van der Waals surface area contributed by atoms with Crippen molar-refractivity contribution >= 4 is 5.91 Å². The number of fused-ring (bicyclic) bond motifs is 1. The van der Waals surface area contributed by atoms with Gasteiger partial charge in [-0.15, -0.1) is 0 Å². The van der Waals surface area contributed by atoms with E-state index < -0.39 is 0 Å². The lowest BCUT2D eigenvalue weighted by atomic mass is 10.1. The van der Waals surface area contributed by atoms with E-state index in [1.54, 1.807) is 0 Å². The second kappa shape index (κ2) is 5.05. The first-order valence-corrected chi connectivity index (χ1v) is 5.57. The largest absolute Gasteiger partial charge is 0.454 e. The Morgan fingerprint density at radius 3 is 3.12 bits per heavy atom. The van der Waals surface area contributed by atoms with Gasteiger partial charge in [0.1, 0.15) is 0 Å². The summed E-state index contributed by atoms with van der Waals surface area (Å²) in [5.41, 5.74) is 6.28. The van der Waals surface area contributed by atoms with Crippen LogP contribution in [-0.4, -0.2) is 25.3 Å². The molecule has 1 heterocycles. The van der Waals surface area contributed by atoms with Crippen LogP contribution in [0.2, 0.25) is 0 Å². The standard InChI is InChI=1S/C12H16N2O3/c1-8(6-13)14-11(15)5-9-3-2-4-10-12(9)17-7-16-10/h2-4,8H,5-7,13H2,1H3,(H,14,15). The molecule has 1 aromatic rings. The molecule has 1 unspecified atom stereocenters. The number of ether oxygens (including phenoxy) is 2. The summed E-state index contributed by atoms with van der Waals surface area (Å²) < 4.78 is 10.6. The molecule has 1 amide bonds. The second-order valence-corrected chi connectivity index (χ2v) is 4.03. The van der Waals surface area contributed by atoms with E-state index in [1.807, 2.05) is 25.1 Å². The zero-order valence-electron chi connectivity index (χ0n) is 9.73. The van der Waals surface area contributed by atoms with Gasteiger partial charge in [-0.2, -0.15) is 0 Å². The molecule has 1 atom stereocenters. The average Bonchev–Trinajstić information content (AvgIpc) is 2.78. The molecule has 0 bridgehead atoms. The first-order chi connectivity index (χ1) is 8.20. The van der Waals surface area contributed by atoms with Crippen LogP contribution in [0.15, 0.2) is 18.2 Å². The highest BCUT2D eigenvalue weighted by Crippen LogP contribution is 2.35. The van der Waals surface area contributed by atoms with Crippen LogP contribution in [0.1, 0.15) is 12.5 Å². The molecule has 5 heteroatoms. The van der Waals surface area contributed by atoms with Gasteiger partial charge in [-0.1, -0.05) is 12.1 Å². The minimum Gasteiger partial charge on any atom is -0.454 e. The summed E-state index contributed by atoms with van der Waals surface area (Å²) in [6.45, 7) is 2.51. The van der Waals surface area contributed by atoms with Crippen LogP contribution in [0.4, 0.5) is 0 Å². The third-order valence-electron chi connectivity index (χ3n) is 2.59. The summed E-state index contributed by atoms with van der Waals surface area (Å²) >= 11 is 0. The summed E-state index contributed by atoms with van der Waals surface area (Å²) in [6.07, 6.45) is 0.275. The van der Waals surface area contributed by atoms with E-state index in [4.69, 9.17) is 15.2 Å². The van der Waals surface area contributed by atoms with E-state index in [0.29, 0.717) is 18.0 Å². The highest BCUT2D eigenvalue weighted by Gasteiger charge is 2.19. The molecule has 0 saturated heterocycles.